The molecule has 0 saturated heterocycles. The highest BCUT2D eigenvalue weighted by Gasteiger charge is 2.48. The molecular formula is C17H18N4O3. The van der Waals surface area contributed by atoms with Gasteiger partial charge in [0.25, 0.3) is 5.69 Å². The van der Waals surface area contributed by atoms with E-state index in [1.165, 1.54) is 6.07 Å². The van der Waals surface area contributed by atoms with Crippen LogP contribution in [0.25, 0.3) is 0 Å². The number of rotatable bonds is 5. The van der Waals surface area contributed by atoms with Crippen molar-refractivity contribution in [1.82, 2.24) is 14.8 Å². The minimum Gasteiger partial charge on any atom is -0.481 e. The average Bonchev–Trinajstić information content (AvgIpc) is 2.95. The standard InChI is InChI=1S/C17H18N4O3/c1-4-5-24-15-7-13(6-14(8-15)21(22)23)17(9-12(2)10-17)16-19-18-11-20(16)3/h1,6-8,11-12H,5,9-10H2,2-3H3. The van der Waals surface area contributed by atoms with E-state index in [0.717, 1.165) is 24.2 Å². The van der Waals surface area contributed by atoms with Gasteiger partial charge in [-0.25, -0.2) is 0 Å². The quantitative estimate of drug-likeness (QED) is 0.479. The summed E-state index contributed by atoms with van der Waals surface area (Å²) in [6, 6.07) is 4.82. The fourth-order valence-corrected chi connectivity index (χ4v) is 3.57. The maximum Gasteiger partial charge on any atom is 0.273 e. The highest BCUT2D eigenvalue weighted by molar-refractivity contribution is 5.49. The molecule has 1 fully saturated rings. The Hall–Kier alpha value is -2.88. The second-order valence-electron chi connectivity index (χ2n) is 6.33. The van der Waals surface area contributed by atoms with Gasteiger partial charge in [0.2, 0.25) is 0 Å². The maximum atomic E-state index is 11.3. The van der Waals surface area contributed by atoms with Gasteiger partial charge in [-0.2, -0.15) is 0 Å². The van der Waals surface area contributed by atoms with Crippen LogP contribution < -0.4 is 4.74 Å². The third kappa shape index (κ3) is 2.60. The van der Waals surface area contributed by atoms with Crippen molar-refractivity contribution >= 4 is 5.69 Å². The second-order valence-corrected chi connectivity index (χ2v) is 6.33. The lowest BCUT2D eigenvalue weighted by atomic mass is 9.58. The van der Waals surface area contributed by atoms with Crippen LogP contribution in [0.4, 0.5) is 5.69 Å². The molecule has 7 nitrogen and oxygen atoms in total. The summed E-state index contributed by atoms with van der Waals surface area (Å²) in [5, 5.41) is 19.5. The molecule has 1 saturated carbocycles. The van der Waals surface area contributed by atoms with Crippen LogP contribution in [-0.4, -0.2) is 26.3 Å². The van der Waals surface area contributed by atoms with Gasteiger partial charge in [-0.15, -0.1) is 16.6 Å². The molecule has 0 radical (unpaired) electrons. The molecule has 0 amide bonds. The fraction of sp³-hybridized carbons (Fsp3) is 0.412. The number of nitro groups is 1. The van der Waals surface area contributed by atoms with Crippen molar-refractivity contribution in [3.05, 3.63) is 46.0 Å². The van der Waals surface area contributed by atoms with Crippen LogP contribution >= 0.6 is 0 Å². The number of nitrogens with zero attached hydrogens (tertiary/aromatic N) is 4. The van der Waals surface area contributed by atoms with Gasteiger partial charge >= 0.3 is 0 Å². The second kappa shape index (κ2) is 5.96. The van der Waals surface area contributed by atoms with Gasteiger partial charge < -0.3 is 9.30 Å². The number of ether oxygens (including phenoxy) is 1. The molecule has 0 spiro atoms. The Labute approximate surface area is 139 Å². The number of hydrogen-bond donors (Lipinski definition) is 0. The minimum absolute atomic E-state index is 0.0133. The van der Waals surface area contributed by atoms with Crippen LogP contribution in [0.1, 0.15) is 31.2 Å². The molecular weight excluding hydrogens is 308 g/mol. The highest BCUT2D eigenvalue weighted by Crippen LogP contribution is 2.52. The molecule has 3 rings (SSSR count). The predicted molar refractivity (Wildman–Crippen MR) is 87.6 cm³/mol. The van der Waals surface area contributed by atoms with Crippen molar-refractivity contribution in [2.45, 2.75) is 25.2 Å². The van der Waals surface area contributed by atoms with E-state index in [4.69, 9.17) is 11.2 Å². The minimum atomic E-state index is -0.418. The molecule has 1 aliphatic rings. The molecule has 24 heavy (non-hydrogen) atoms. The predicted octanol–water partition coefficient (Wildman–Crippen LogP) is 2.45. The van der Waals surface area contributed by atoms with Crippen molar-refractivity contribution in [3.8, 4) is 18.1 Å². The number of terminal acetylenes is 1. The number of hydrogen-bond acceptors (Lipinski definition) is 5. The van der Waals surface area contributed by atoms with Crippen LogP contribution in [0.3, 0.4) is 0 Å². The molecule has 0 bridgehead atoms. The first-order chi connectivity index (χ1) is 11.5. The molecule has 1 aromatic heterocycles. The number of aryl methyl sites for hydroxylation is 1. The third-order valence-corrected chi connectivity index (χ3v) is 4.51. The van der Waals surface area contributed by atoms with Crippen molar-refractivity contribution in [3.63, 3.8) is 0 Å². The summed E-state index contributed by atoms with van der Waals surface area (Å²) in [6.07, 6.45) is 8.58. The third-order valence-electron chi connectivity index (χ3n) is 4.51. The van der Waals surface area contributed by atoms with Gasteiger partial charge in [-0.3, -0.25) is 10.1 Å². The van der Waals surface area contributed by atoms with E-state index in [-0.39, 0.29) is 17.7 Å². The summed E-state index contributed by atoms with van der Waals surface area (Å²) in [5.74, 6) is 4.10. The van der Waals surface area contributed by atoms with Gasteiger partial charge in [-0.1, -0.05) is 12.8 Å². The number of benzene rings is 1. The lowest BCUT2D eigenvalue weighted by Gasteiger charge is -2.45. The van der Waals surface area contributed by atoms with E-state index in [1.807, 2.05) is 17.7 Å². The molecule has 124 valence electrons. The first-order valence-corrected chi connectivity index (χ1v) is 7.67. The van der Waals surface area contributed by atoms with Crippen LogP contribution in [0, 0.1) is 28.4 Å². The lowest BCUT2D eigenvalue weighted by molar-refractivity contribution is -0.385. The van der Waals surface area contributed by atoms with Gasteiger partial charge in [-0.05, 0) is 30.4 Å². The largest absolute Gasteiger partial charge is 0.481 e. The Morgan fingerprint density at radius 1 is 1.50 bits per heavy atom. The lowest BCUT2D eigenvalue weighted by Crippen LogP contribution is -2.43. The van der Waals surface area contributed by atoms with Crippen LogP contribution in [0.5, 0.6) is 5.75 Å². The van der Waals surface area contributed by atoms with Crippen LogP contribution in [-0.2, 0) is 12.5 Å². The Morgan fingerprint density at radius 3 is 2.79 bits per heavy atom. The SMILES string of the molecule is C#CCOc1cc([N+](=O)[O-])cc(C2(c3nncn3C)CC(C)C2)c1. The number of non-ortho nitro benzene ring substituents is 1. The van der Waals surface area contributed by atoms with Gasteiger partial charge in [0.1, 0.15) is 24.5 Å². The molecule has 0 N–H and O–H groups in total. The average molecular weight is 326 g/mol. The topological polar surface area (TPSA) is 83.1 Å². The van der Waals surface area contributed by atoms with Gasteiger partial charge in [0.05, 0.1) is 16.4 Å². The summed E-state index contributed by atoms with van der Waals surface area (Å²) in [4.78, 5) is 10.9. The zero-order valence-electron chi connectivity index (χ0n) is 13.6. The maximum absolute atomic E-state index is 11.3. The fourth-order valence-electron chi connectivity index (χ4n) is 3.57. The van der Waals surface area contributed by atoms with E-state index in [2.05, 4.69) is 23.0 Å². The monoisotopic (exact) mass is 326 g/mol. The summed E-state index contributed by atoms with van der Waals surface area (Å²) in [5.41, 5.74) is 0.420. The van der Waals surface area contributed by atoms with E-state index in [0.29, 0.717) is 11.7 Å². The molecule has 0 aliphatic heterocycles. The summed E-state index contributed by atoms with van der Waals surface area (Å²) in [7, 11) is 1.88. The smallest absolute Gasteiger partial charge is 0.273 e. The summed E-state index contributed by atoms with van der Waals surface area (Å²) >= 11 is 0. The normalized spacial score (nSPS) is 22.5. The summed E-state index contributed by atoms with van der Waals surface area (Å²) < 4.78 is 7.31. The van der Waals surface area contributed by atoms with Crippen molar-refractivity contribution < 1.29 is 9.66 Å². The number of nitro benzene ring substituents is 1. The van der Waals surface area contributed by atoms with Crippen LogP contribution in [0.2, 0.25) is 0 Å². The van der Waals surface area contributed by atoms with Crippen molar-refractivity contribution in [2.24, 2.45) is 13.0 Å². The van der Waals surface area contributed by atoms with E-state index >= 15 is 0 Å². The number of aromatic nitrogens is 3. The Morgan fingerprint density at radius 2 is 2.25 bits per heavy atom. The summed E-state index contributed by atoms with van der Waals surface area (Å²) in [6.45, 7) is 2.22. The van der Waals surface area contributed by atoms with Gasteiger partial charge in [0.15, 0.2) is 0 Å². The molecule has 7 heteroatoms. The van der Waals surface area contributed by atoms with Crippen molar-refractivity contribution in [1.29, 1.82) is 0 Å². The molecule has 1 heterocycles. The Kier molecular flexibility index (Phi) is 3.97. The van der Waals surface area contributed by atoms with Crippen molar-refractivity contribution in [2.75, 3.05) is 6.61 Å². The molecule has 0 unspecified atom stereocenters. The zero-order valence-corrected chi connectivity index (χ0v) is 13.6. The van der Waals surface area contributed by atoms with Crippen LogP contribution in [0.15, 0.2) is 24.5 Å². The van der Waals surface area contributed by atoms with E-state index in [1.54, 1.807) is 12.4 Å². The zero-order chi connectivity index (χ0) is 17.3. The van der Waals surface area contributed by atoms with E-state index in [9.17, 15) is 10.1 Å². The Balaban J connectivity index is 2.11. The van der Waals surface area contributed by atoms with Gasteiger partial charge in [0, 0.05) is 13.1 Å². The first-order valence-electron chi connectivity index (χ1n) is 7.67. The first kappa shape index (κ1) is 16.0. The molecule has 1 aromatic carbocycles. The molecule has 0 atom stereocenters. The highest BCUT2D eigenvalue weighted by atomic mass is 16.6. The van der Waals surface area contributed by atoms with E-state index < -0.39 is 4.92 Å². The molecule has 2 aromatic rings. The molecule has 1 aliphatic carbocycles. The Bertz CT molecular complexity index is 815.